The fraction of sp³-hybridized carbons (Fsp3) is 0.909. The fourth-order valence-corrected chi connectivity index (χ4v) is 4.67. The van der Waals surface area contributed by atoms with Crippen molar-refractivity contribution in [2.24, 2.45) is 16.8 Å². The summed E-state index contributed by atoms with van der Waals surface area (Å²) in [6.45, 7) is 2.14. The molecular formula is C11H17NO3S. The molecule has 4 nitrogen and oxygen atoms in total. The molecule has 1 aliphatic heterocycles. The van der Waals surface area contributed by atoms with Crippen LogP contribution >= 0.6 is 0 Å². The van der Waals surface area contributed by atoms with Crippen LogP contribution in [0.1, 0.15) is 32.6 Å². The van der Waals surface area contributed by atoms with E-state index in [1.807, 2.05) is 0 Å². The Kier molecular flexibility index (Phi) is 2.93. The van der Waals surface area contributed by atoms with Crippen LogP contribution in [0.4, 0.5) is 0 Å². The molecule has 0 aromatic carbocycles. The van der Waals surface area contributed by atoms with Crippen LogP contribution in [-0.4, -0.2) is 31.5 Å². The third-order valence-electron chi connectivity index (χ3n) is 3.99. The van der Waals surface area contributed by atoms with Gasteiger partial charge in [-0.3, -0.25) is 0 Å². The van der Waals surface area contributed by atoms with Crippen molar-refractivity contribution in [3.8, 4) is 0 Å². The summed E-state index contributed by atoms with van der Waals surface area (Å²) >= 11 is 0. The van der Waals surface area contributed by atoms with E-state index in [1.165, 1.54) is 0 Å². The molecule has 1 saturated carbocycles. The summed E-state index contributed by atoms with van der Waals surface area (Å²) in [7, 11) is -2.83. The smallest absolute Gasteiger partial charge is 0.229 e. The van der Waals surface area contributed by atoms with E-state index in [4.69, 9.17) is 0 Å². The minimum absolute atomic E-state index is 0.252. The molecule has 0 bridgehead atoms. The first-order chi connectivity index (χ1) is 7.47. The van der Waals surface area contributed by atoms with Crippen LogP contribution < -0.4 is 0 Å². The molecule has 2 rings (SSSR count). The lowest BCUT2D eigenvalue weighted by Crippen LogP contribution is -2.49. The van der Waals surface area contributed by atoms with Gasteiger partial charge < -0.3 is 0 Å². The van der Waals surface area contributed by atoms with E-state index in [1.54, 1.807) is 6.08 Å². The van der Waals surface area contributed by atoms with Gasteiger partial charge in [0.25, 0.3) is 0 Å². The Balaban J connectivity index is 2.09. The van der Waals surface area contributed by atoms with Crippen LogP contribution in [0.15, 0.2) is 4.99 Å². The Labute approximate surface area is 96.1 Å². The van der Waals surface area contributed by atoms with Crippen molar-refractivity contribution in [2.75, 3.05) is 11.5 Å². The van der Waals surface area contributed by atoms with Gasteiger partial charge in [-0.1, -0.05) is 6.92 Å². The van der Waals surface area contributed by atoms with Gasteiger partial charge in [-0.2, -0.15) is 4.99 Å². The molecule has 1 heterocycles. The van der Waals surface area contributed by atoms with Crippen LogP contribution in [0.2, 0.25) is 0 Å². The quantitative estimate of drug-likeness (QED) is 0.542. The van der Waals surface area contributed by atoms with Gasteiger partial charge in [0.1, 0.15) is 9.84 Å². The maximum absolute atomic E-state index is 11.3. The standard InChI is InChI=1S/C11H17NO3S/c1-9-6-11(7-9,12-8-13)10-2-4-16(14,15)5-3-10/h9-10H,2-7H2,1H3. The second-order valence-corrected chi connectivity index (χ2v) is 7.55. The van der Waals surface area contributed by atoms with Crippen LogP contribution in [0.5, 0.6) is 0 Å². The van der Waals surface area contributed by atoms with Crippen molar-refractivity contribution < 1.29 is 13.2 Å². The Morgan fingerprint density at radius 2 is 1.81 bits per heavy atom. The highest BCUT2D eigenvalue weighted by molar-refractivity contribution is 7.91. The lowest BCUT2D eigenvalue weighted by Gasteiger charge is -2.48. The van der Waals surface area contributed by atoms with Crippen molar-refractivity contribution in [3.05, 3.63) is 0 Å². The molecule has 0 aromatic rings. The number of hydrogen-bond acceptors (Lipinski definition) is 4. The van der Waals surface area contributed by atoms with Gasteiger partial charge >= 0.3 is 0 Å². The zero-order valence-electron chi connectivity index (χ0n) is 9.48. The van der Waals surface area contributed by atoms with Gasteiger partial charge in [0.2, 0.25) is 6.08 Å². The van der Waals surface area contributed by atoms with Gasteiger partial charge in [0, 0.05) is 0 Å². The number of aliphatic imine (C=N–C) groups is 1. The van der Waals surface area contributed by atoms with Gasteiger partial charge in [-0.05, 0) is 37.5 Å². The third kappa shape index (κ3) is 2.06. The van der Waals surface area contributed by atoms with Crippen molar-refractivity contribution in [3.63, 3.8) is 0 Å². The Hall–Kier alpha value is -0.670. The molecule has 0 radical (unpaired) electrons. The maximum atomic E-state index is 11.3. The fourth-order valence-electron chi connectivity index (χ4n) is 3.18. The first kappa shape index (κ1) is 11.8. The predicted molar refractivity (Wildman–Crippen MR) is 60.6 cm³/mol. The predicted octanol–water partition coefficient (Wildman–Crippen LogP) is 1.32. The number of hydrogen-bond donors (Lipinski definition) is 0. The largest absolute Gasteiger partial charge is 0.235 e. The molecular weight excluding hydrogens is 226 g/mol. The minimum atomic E-state index is -2.83. The second-order valence-electron chi connectivity index (χ2n) is 5.25. The van der Waals surface area contributed by atoms with E-state index in [0.29, 0.717) is 18.8 Å². The summed E-state index contributed by atoms with van der Waals surface area (Å²) in [6, 6.07) is 0. The molecule has 1 saturated heterocycles. The molecule has 5 heteroatoms. The molecule has 0 N–H and O–H groups in total. The first-order valence-electron chi connectivity index (χ1n) is 5.77. The van der Waals surface area contributed by atoms with Gasteiger partial charge in [-0.25, -0.2) is 13.2 Å². The highest BCUT2D eigenvalue weighted by atomic mass is 32.2. The summed E-state index contributed by atoms with van der Waals surface area (Å²) in [5, 5.41) is 0. The molecule has 0 amide bonds. The van der Waals surface area contributed by atoms with E-state index < -0.39 is 9.84 Å². The Bertz CT molecular complexity index is 403. The average Bonchev–Trinajstić information content (AvgIpc) is 2.15. The summed E-state index contributed by atoms with van der Waals surface area (Å²) in [5.74, 6) is 1.36. The molecule has 2 fully saturated rings. The molecule has 0 aromatic heterocycles. The molecule has 90 valence electrons. The van der Waals surface area contributed by atoms with Crippen molar-refractivity contribution in [1.29, 1.82) is 0 Å². The van der Waals surface area contributed by atoms with Crippen LogP contribution in [0.25, 0.3) is 0 Å². The lowest BCUT2D eigenvalue weighted by molar-refractivity contribution is 0.0881. The Morgan fingerprint density at radius 1 is 1.25 bits per heavy atom. The van der Waals surface area contributed by atoms with E-state index in [9.17, 15) is 13.2 Å². The first-order valence-corrected chi connectivity index (χ1v) is 7.59. The molecule has 16 heavy (non-hydrogen) atoms. The lowest BCUT2D eigenvalue weighted by atomic mass is 9.61. The van der Waals surface area contributed by atoms with Crippen molar-refractivity contribution >= 4 is 15.9 Å². The topological polar surface area (TPSA) is 63.6 Å². The minimum Gasteiger partial charge on any atom is -0.229 e. The molecule has 2 aliphatic rings. The van der Waals surface area contributed by atoms with E-state index in [0.717, 1.165) is 12.8 Å². The van der Waals surface area contributed by atoms with Crippen molar-refractivity contribution in [2.45, 2.75) is 38.1 Å². The highest BCUT2D eigenvalue weighted by Crippen LogP contribution is 2.49. The van der Waals surface area contributed by atoms with E-state index in [-0.39, 0.29) is 23.0 Å². The molecule has 1 aliphatic carbocycles. The summed E-state index contributed by atoms with van der Waals surface area (Å²) in [5.41, 5.74) is -0.281. The van der Waals surface area contributed by atoms with Crippen LogP contribution in [-0.2, 0) is 14.6 Å². The normalized spacial score (nSPS) is 38.4. The Morgan fingerprint density at radius 3 is 2.25 bits per heavy atom. The number of nitrogens with zero attached hydrogens (tertiary/aromatic N) is 1. The van der Waals surface area contributed by atoms with E-state index >= 15 is 0 Å². The van der Waals surface area contributed by atoms with Crippen LogP contribution in [0, 0.1) is 11.8 Å². The van der Waals surface area contributed by atoms with Gasteiger partial charge in [0.15, 0.2) is 0 Å². The number of sulfone groups is 1. The van der Waals surface area contributed by atoms with Crippen molar-refractivity contribution in [1.82, 2.24) is 0 Å². The number of rotatable bonds is 2. The zero-order valence-corrected chi connectivity index (χ0v) is 10.3. The molecule has 0 spiro atoms. The third-order valence-corrected chi connectivity index (χ3v) is 5.70. The molecule has 0 atom stereocenters. The van der Waals surface area contributed by atoms with Crippen LogP contribution in [0.3, 0.4) is 0 Å². The summed E-state index contributed by atoms with van der Waals surface area (Å²) in [4.78, 5) is 14.5. The second kappa shape index (κ2) is 3.97. The number of isocyanates is 1. The van der Waals surface area contributed by atoms with E-state index in [2.05, 4.69) is 11.9 Å². The number of carbonyl (C=O) groups excluding carboxylic acids is 1. The highest BCUT2D eigenvalue weighted by Gasteiger charge is 2.49. The SMILES string of the molecule is CC1CC(N=C=O)(C2CCS(=O)(=O)CC2)C1. The van der Waals surface area contributed by atoms with Gasteiger partial charge in [0.05, 0.1) is 17.0 Å². The zero-order chi connectivity index (χ0) is 11.8. The molecule has 0 unspecified atom stereocenters. The monoisotopic (exact) mass is 243 g/mol. The summed E-state index contributed by atoms with van der Waals surface area (Å²) < 4.78 is 22.7. The maximum Gasteiger partial charge on any atom is 0.235 e. The van der Waals surface area contributed by atoms with Gasteiger partial charge in [-0.15, -0.1) is 0 Å². The average molecular weight is 243 g/mol. The summed E-state index contributed by atoms with van der Waals surface area (Å²) in [6.07, 6.45) is 4.80.